The van der Waals surface area contributed by atoms with Gasteiger partial charge in [-0.05, 0) is 6.42 Å². The van der Waals surface area contributed by atoms with Crippen LogP contribution in [0.5, 0.6) is 0 Å². The number of H-pyrrole nitrogens is 1. The lowest BCUT2D eigenvalue weighted by molar-refractivity contribution is 0.569. The minimum atomic E-state index is -0.105. The third kappa shape index (κ3) is 2.14. The fraction of sp³-hybridized carbons (Fsp3) is 0.636. The van der Waals surface area contributed by atoms with E-state index in [4.69, 9.17) is 5.26 Å². The Morgan fingerprint density at radius 1 is 1.57 bits per heavy atom. The van der Waals surface area contributed by atoms with E-state index >= 15 is 0 Å². The van der Waals surface area contributed by atoms with Gasteiger partial charge in [-0.2, -0.15) is 5.26 Å². The minimum absolute atomic E-state index is 0.0684. The second kappa shape index (κ2) is 3.83. The van der Waals surface area contributed by atoms with Crippen molar-refractivity contribution in [3.63, 3.8) is 0 Å². The van der Waals surface area contributed by atoms with Crippen LogP contribution >= 0.6 is 0 Å². The molecule has 1 aromatic rings. The van der Waals surface area contributed by atoms with Gasteiger partial charge in [0.25, 0.3) is 0 Å². The number of nitrogens with zero attached hydrogens (tertiary/aromatic N) is 2. The molecule has 0 aliphatic rings. The van der Waals surface area contributed by atoms with Gasteiger partial charge >= 0.3 is 0 Å². The van der Waals surface area contributed by atoms with E-state index in [1.165, 1.54) is 0 Å². The van der Waals surface area contributed by atoms with Crippen LogP contribution in [0, 0.1) is 11.3 Å². The van der Waals surface area contributed by atoms with Crippen LogP contribution in [-0.4, -0.2) is 9.97 Å². The van der Waals surface area contributed by atoms with E-state index in [2.05, 4.69) is 36.8 Å². The third-order valence-electron chi connectivity index (χ3n) is 2.30. The summed E-state index contributed by atoms with van der Waals surface area (Å²) in [6.45, 7) is 8.36. The Balaban J connectivity index is 2.94. The fourth-order valence-corrected chi connectivity index (χ4v) is 1.24. The molecule has 1 atom stereocenters. The van der Waals surface area contributed by atoms with E-state index in [9.17, 15) is 0 Å². The average molecular weight is 191 g/mol. The maximum absolute atomic E-state index is 8.88. The second-order valence-electron chi connectivity index (χ2n) is 4.52. The molecule has 1 N–H and O–H groups in total. The lowest BCUT2D eigenvalue weighted by atomic mass is 9.93. The molecule has 0 spiro atoms. The molecule has 0 saturated carbocycles. The Kier molecular flexibility index (Phi) is 2.95. The molecule has 0 aromatic carbocycles. The van der Waals surface area contributed by atoms with E-state index in [-0.39, 0.29) is 11.3 Å². The van der Waals surface area contributed by atoms with E-state index in [1.807, 2.05) is 13.1 Å². The molecule has 1 rings (SSSR count). The van der Waals surface area contributed by atoms with E-state index in [0.717, 1.165) is 17.9 Å². The number of hydrogen-bond donors (Lipinski definition) is 1. The molecule has 0 aliphatic carbocycles. The van der Waals surface area contributed by atoms with Crippen molar-refractivity contribution in [1.29, 1.82) is 5.26 Å². The summed E-state index contributed by atoms with van der Waals surface area (Å²) in [5.74, 6) is 0.686. The number of imidazole rings is 1. The van der Waals surface area contributed by atoms with Crippen LogP contribution in [0.25, 0.3) is 0 Å². The van der Waals surface area contributed by atoms with Crippen molar-refractivity contribution in [2.75, 3.05) is 0 Å². The van der Waals surface area contributed by atoms with Gasteiger partial charge in [0.2, 0.25) is 0 Å². The summed E-state index contributed by atoms with van der Waals surface area (Å²) in [6, 6.07) is 2.24. The molecule has 0 radical (unpaired) electrons. The summed E-state index contributed by atoms with van der Waals surface area (Å²) in [7, 11) is 0. The van der Waals surface area contributed by atoms with Gasteiger partial charge in [0.15, 0.2) is 0 Å². The molecule has 14 heavy (non-hydrogen) atoms. The number of aromatic amines is 1. The lowest BCUT2D eigenvalue weighted by Crippen LogP contribution is -2.11. The molecule has 0 saturated heterocycles. The standard InChI is InChI=1S/C11H17N3/c1-5-8(6-12)10-13-7-9(14-10)11(2,3)4/h7-8H,5H2,1-4H3,(H,13,14). The number of nitrogens with one attached hydrogen (secondary N) is 1. The summed E-state index contributed by atoms with van der Waals surface area (Å²) in [6.07, 6.45) is 2.63. The van der Waals surface area contributed by atoms with Crippen molar-refractivity contribution in [2.24, 2.45) is 0 Å². The molecule has 1 aromatic heterocycles. The van der Waals surface area contributed by atoms with Crippen molar-refractivity contribution < 1.29 is 0 Å². The van der Waals surface area contributed by atoms with E-state index in [1.54, 1.807) is 0 Å². The molecule has 1 unspecified atom stereocenters. The van der Waals surface area contributed by atoms with Gasteiger partial charge in [0.1, 0.15) is 11.7 Å². The van der Waals surface area contributed by atoms with Gasteiger partial charge in [0, 0.05) is 17.3 Å². The maximum atomic E-state index is 8.88. The van der Waals surface area contributed by atoms with Crippen molar-refractivity contribution >= 4 is 0 Å². The first-order valence-electron chi connectivity index (χ1n) is 4.94. The van der Waals surface area contributed by atoms with Crippen LogP contribution in [0.1, 0.15) is 51.6 Å². The Labute approximate surface area is 85.2 Å². The topological polar surface area (TPSA) is 52.5 Å². The largest absolute Gasteiger partial charge is 0.344 e. The average Bonchev–Trinajstić information content (AvgIpc) is 2.54. The number of rotatable bonds is 2. The van der Waals surface area contributed by atoms with Crippen LogP contribution in [0.15, 0.2) is 6.20 Å². The smallest absolute Gasteiger partial charge is 0.123 e. The van der Waals surface area contributed by atoms with E-state index in [0.29, 0.717) is 0 Å². The number of aromatic nitrogens is 2. The first-order chi connectivity index (χ1) is 6.49. The summed E-state index contributed by atoms with van der Waals surface area (Å²) >= 11 is 0. The van der Waals surface area contributed by atoms with Crippen molar-refractivity contribution in [3.05, 3.63) is 17.7 Å². The predicted octanol–water partition coefficient (Wildman–Crippen LogP) is 2.72. The van der Waals surface area contributed by atoms with Gasteiger partial charge in [-0.1, -0.05) is 27.7 Å². The zero-order chi connectivity index (χ0) is 10.8. The van der Waals surface area contributed by atoms with Crippen LogP contribution in [-0.2, 0) is 5.41 Å². The normalized spacial score (nSPS) is 13.6. The van der Waals surface area contributed by atoms with Crippen molar-refractivity contribution in [2.45, 2.75) is 45.4 Å². The molecule has 0 fully saturated rings. The summed E-state index contributed by atoms with van der Waals surface area (Å²) in [4.78, 5) is 7.47. The highest BCUT2D eigenvalue weighted by Gasteiger charge is 2.19. The van der Waals surface area contributed by atoms with Crippen molar-refractivity contribution in [3.8, 4) is 6.07 Å². The molecule has 1 heterocycles. The molecular formula is C11H17N3. The summed E-state index contributed by atoms with van der Waals surface area (Å²) in [5, 5.41) is 8.88. The number of hydrogen-bond acceptors (Lipinski definition) is 2. The van der Waals surface area contributed by atoms with Gasteiger partial charge in [-0.15, -0.1) is 0 Å². The monoisotopic (exact) mass is 191 g/mol. The molecule has 3 nitrogen and oxygen atoms in total. The quantitative estimate of drug-likeness (QED) is 0.781. The van der Waals surface area contributed by atoms with Crippen molar-refractivity contribution in [1.82, 2.24) is 9.97 Å². The Morgan fingerprint density at radius 3 is 2.57 bits per heavy atom. The van der Waals surface area contributed by atoms with Gasteiger partial charge in [-0.25, -0.2) is 4.98 Å². The Bertz CT molecular complexity index is 338. The highest BCUT2D eigenvalue weighted by atomic mass is 14.9. The van der Waals surface area contributed by atoms with Gasteiger partial charge < -0.3 is 4.98 Å². The van der Waals surface area contributed by atoms with Crippen LogP contribution in [0.3, 0.4) is 0 Å². The molecular weight excluding hydrogens is 174 g/mol. The SMILES string of the molecule is CCC(C#N)c1ncc(C(C)(C)C)[nH]1. The number of nitriles is 1. The van der Waals surface area contributed by atoms with Gasteiger partial charge in [0.05, 0.1) is 6.07 Å². The molecule has 3 heteroatoms. The first-order valence-corrected chi connectivity index (χ1v) is 4.94. The maximum Gasteiger partial charge on any atom is 0.123 e. The predicted molar refractivity (Wildman–Crippen MR) is 55.9 cm³/mol. The summed E-state index contributed by atoms with van der Waals surface area (Å²) < 4.78 is 0. The summed E-state index contributed by atoms with van der Waals surface area (Å²) in [5.41, 5.74) is 1.15. The molecule has 76 valence electrons. The second-order valence-corrected chi connectivity index (χ2v) is 4.52. The Morgan fingerprint density at radius 2 is 2.21 bits per heavy atom. The van der Waals surface area contributed by atoms with E-state index < -0.39 is 0 Å². The zero-order valence-electron chi connectivity index (χ0n) is 9.26. The Hall–Kier alpha value is -1.30. The van der Waals surface area contributed by atoms with Crippen LogP contribution in [0.4, 0.5) is 0 Å². The van der Waals surface area contributed by atoms with Crippen LogP contribution < -0.4 is 0 Å². The third-order valence-corrected chi connectivity index (χ3v) is 2.30. The highest BCUT2D eigenvalue weighted by Crippen LogP contribution is 2.22. The molecule has 0 aliphatic heterocycles. The lowest BCUT2D eigenvalue weighted by Gasteiger charge is -2.15. The van der Waals surface area contributed by atoms with Crippen LogP contribution in [0.2, 0.25) is 0 Å². The zero-order valence-corrected chi connectivity index (χ0v) is 9.26. The minimum Gasteiger partial charge on any atom is -0.344 e. The van der Waals surface area contributed by atoms with Gasteiger partial charge in [-0.3, -0.25) is 0 Å². The molecule has 0 amide bonds. The fourth-order valence-electron chi connectivity index (χ4n) is 1.24. The first kappa shape index (κ1) is 10.8. The molecule has 0 bridgehead atoms. The highest BCUT2D eigenvalue weighted by molar-refractivity contribution is 5.16.